The highest BCUT2D eigenvalue weighted by Crippen LogP contribution is 2.33. The first-order chi connectivity index (χ1) is 13.6. The number of hydrogen-bond donors (Lipinski definition) is 1. The standard InChI is InChI=1S/C22H24N2O4/c1-27-19-3-2-4-20(12-19)28-14-21(25)23-18-8-7-15-9-10-24(13-17(15)11-18)22(26)16-5-6-16/h2-4,7-8,11-12,16H,5-6,9-10,13-14H2,1H3,(H,23,25). The molecule has 1 saturated carbocycles. The maximum Gasteiger partial charge on any atom is 0.262 e. The van der Waals surface area contributed by atoms with Gasteiger partial charge in [0.1, 0.15) is 11.5 Å². The Morgan fingerprint density at radius 1 is 1.11 bits per heavy atom. The smallest absolute Gasteiger partial charge is 0.262 e. The number of benzene rings is 2. The van der Waals surface area contributed by atoms with Gasteiger partial charge in [-0.05, 0) is 54.7 Å². The molecule has 2 aromatic carbocycles. The van der Waals surface area contributed by atoms with Crippen molar-refractivity contribution < 1.29 is 19.1 Å². The molecule has 0 spiro atoms. The Morgan fingerprint density at radius 3 is 2.71 bits per heavy atom. The summed E-state index contributed by atoms with van der Waals surface area (Å²) < 4.78 is 10.7. The van der Waals surface area contributed by atoms with Crippen molar-refractivity contribution in [1.29, 1.82) is 0 Å². The number of nitrogens with one attached hydrogen (secondary N) is 1. The number of ether oxygens (including phenoxy) is 2. The van der Waals surface area contributed by atoms with Gasteiger partial charge in [-0.1, -0.05) is 12.1 Å². The molecular formula is C22H24N2O4. The van der Waals surface area contributed by atoms with Crippen LogP contribution in [-0.2, 0) is 22.6 Å². The molecule has 1 heterocycles. The van der Waals surface area contributed by atoms with Gasteiger partial charge in [0, 0.05) is 30.8 Å². The number of hydrogen-bond acceptors (Lipinski definition) is 4. The lowest BCUT2D eigenvalue weighted by Crippen LogP contribution is -2.36. The summed E-state index contributed by atoms with van der Waals surface area (Å²) in [5.74, 6) is 1.53. The van der Waals surface area contributed by atoms with Crippen LogP contribution in [0.1, 0.15) is 24.0 Å². The summed E-state index contributed by atoms with van der Waals surface area (Å²) in [5, 5.41) is 2.87. The van der Waals surface area contributed by atoms with Crippen molar-refractivity contribution in [3.05, 3.63) is 53.6 Å². The van der Waals surface area contributed by atoms with Crippen LogP contribution in [0.3, 0.4) is 0 Å². The first-order valence-electron chi connectivity index (χ1n) is 9.59. The van der Waals surface area contributed by atoms with Crippen LogP contribution < -0.4 is 14.8 Å². The van der Waals surface area contributed by atoms with E-state index in [2.05, 4.69) is 5.32 Å². The molecule has 146 valence electrons. The van der Waals surface area contributed by atoms with Crippen molar-refractivity contribution in [1.82, 2.24) is 4.90 Å². The van der Waals surface area contributed by atoms with Gasteiger partial charge in [-0.25, -0.2) is 0 Å². The average Bonchev–Trinajstić information content (AvgIpc) is 3.57. The topological polar surface area (TPSA) is 67.9 Å². The molecule has 2 aromatic rings. The Hall–Kier alpha value is -3.02. The molecule has 1 aliphatic heterocycles. The quantitative estimate of drug-likeness (QED) is 0.837. The van der Waals surface area contributed by atoms with E-state index in [1.165, 1.54) is 5.56 Å². The zero-order chi connectivity index (χ0) is 19.5. The second-order valence-corrected chi connectivity index (χ2v) is 7.28. The molecule has 1 N–H and O–H groups in total. The lowest BCUT2D eigenvalue weighted by atomic mass is 9.98. The Bertz CT molecular complexity index is 892. The zero-order valence-electron chi connectivity index (χ0n) is 15.9. The highest BCUT2D eigenvalue weighted by molar-refractivity contribution is 5.92. The van der Waals surface area contributed by atoms with Gasteiger partial charge < -0.3 is 19.7 Å². The molecular weight excluding hydrogens is 356 g/mol. The summed E-state index contributed by atoms with van der Waals surface area (Å²) in [6.45, 7) is 1.31. The number of methoxy groups -OCH3 is 1. The third-order valence-corrected chi connectivity index (χ3v) is 5.15. The Balaban J connectivity index is 1.35. The van der Waals surface area contributed by atoms with Gasteiger partial charge in [-0.15, -0.1) is 0 Å². The first-order valence-corrected chi connectivity index (χ1v) is 9.59. The minimum atomic E-state index is -0.232. The van der Waals surface area contributed by atoms with Gasteiger partial charge in [0.2, 0.25) is 5.91 Å². The second kappa shape index (κ2) is 7.92. The summed E-state index contributed by atoms with van der Waals surface area (Å²) in [6.07, 6.45) is 2.90. The molecule has 1 aliphatic carbocycles. The largest absolute Gasteiger partial charge is 0.497 e. The lowest BCUT2D eigenvalue weighted by Gasteiger charge is -2.29. The van der Waals surface area contributed by atoms with E-state index in [1.807, 2.05) is 35.2 Å². The van der Waals surface area contributed by atoms with Crippen molar-refractivity contribution in [3.63, 3.8) is 0 Å². The van der Waals surface area contributed by atoms with Crippen LogP contribution in [0.15, 0.2) is 42.5 Å². The fourth-order valence-corrected chi connectivity index (χ4v) is 3.45. The number of carbonyl (C=O) groups excluding carboxylic acids is 2. The molecule has 0 aromatic heterocycles. The molecule has 0 radical (unpaired) electrons. The molecule has 4 rings (SSSR count). The second-order valence-electron chi connectivity index (χ2n) is 7.28. The van der Waals surface area contributed by atoms with Gasteiger partial charge >= 0.3 is 0 Å². The molecule has 6 nitrogen and oxygen atoms in total. The van der Waals surface area contributed by atoms with E-state index in [1.54, 1.807) is 19.2 Å². The van der Waals surface area contributed by atoms with Gasteiger partial charge in [0.15, 0.2) is 6.61 Å². The maximum absolute atomic E-state index is 12.3. The van der Waals surface area contributed by atoms with Crippen molar-refractivity contribution in [3.8, 4) is 11.5 Å². The number of anilines is 1. The summed E-state index contributed by atoms with van der Waals surface area (Å²) in [4.78, 5) is 26.5. The van der Waals surface area contributed by atoms with Crippen LogP contribution in [0, 0.1) is 5.92 Å². The highest BCUT2D eigenvalue weighted by Gasteiger charge is 2.34. The molecule has 2 aliphatic rings. The van der Waals surface area contributed by atoms with E-state index in [-0.39, 0.29) is 24.3 Å². The summed E-state index contributed by atoms with van der Waals surface area (Å²) in [5.41, 5.74) is 3.07. The van der Waals surface area contributed by atoms with E-state index < -0.39 is 0 Å². The number of amides is 2. The summed E-state index contributed by atoms with van der Waals surface area (Å²) >= 11 is 0. The minimum absolute atomic E-state index is 0.0868. The van der Waals surface area contributed by atoms with Crippen molar-refractivity contribution in [2.75, 3.05) is 25.6 Å². The van der Waals surface area contributed by atoms with E-state index in [0.717, 1.165) is 37.1 Å². The number of nitrogens with zero attached hydrogens (tertiary/aromatic N) is 1. The average molecular weight is 380 g/mol. The molecule has 0 unspecified atom stereocenters. The van der Waals surface area contributed by atoms with Crippen molar-refractivity contribution in [2.24, 2.45) is 5.92 Å². The Morgan fingerprint density at radius 2 is 1.93 bits per heavy atom. The fourth-order valence-electron chi connectivity index (χ4n) is 3.45. The van der Waals surface area contributed by atoms with Crippen LogP contribution in [-0.4, -0.2) is 37.0 Å². The molecule has 28 heavy (non-hydrogen) atoms. The predicted molar refractivity (Wildman–Crippen MR) is 105 cm³/mol. The van der Waals surface area contributed by atoms with Crippen LogP contribution in [0.4, 0.5) is 5.69 Å². The normalized spacial score (nSPS) is 15.5. The van der Waals surface area contributed by atoms with E-state index in [4.69, 9.17) is 9.47 Å². The summed E-state index contributed by atoms with van der Waals surface area (Å²) in [6, 6.07) is 13.0. The monoisotopic (exact) mass is 380 g/mol. The van der Waals surface area contributed by atoms with E-state index in [0.29, 0.717) is 18.0 Å². The SMILES string of the molecule is COc1cccc(OCC(=O)Nc2ccc3c(c2)CN(C(=O)C2CC2)CC3)c1. The van der Waals surface area contributed by atoms with Gasteiger partial charge in [-0.3, -0.25) is 9.59 Å². The van der Waals surface area contributed by atoms with Gasteiger partial charge in [0.05, 0.1) is 7.11 Å². The van der Waals surface area contributed by atoms with Gasteiger partial charge in [0.25, 0.3) is 5.91 Å². The minimum Gasteiger partial charge on any atom is -0.497 e. The third kappa shape index (κ3) is 4.27. The zero-order valence-corrected chi connectivity index (χ0v) is 15.9. The number of rotatable bonds is 6. The maximum atomic E-state index is 12.3. The number of carbonyl (C=O) groups is 2. The van der Waals surface area contributed by atoms with E-state index in [9.17, 15) is 9.59 Å². The van der Waals surface area contributed by atoms with Crippen molar-refractivity contribution >= 4 is 17.5 Å². The molecule has 2 amide bonds. The Kier molecular flexibility index (Phi) is 5.19. The van der Waals surface area contributed by atoms with Crippen LogP contribution in [0.25, 0.3) is 0 Å². The molecule has 6 heteroatoms. The number of fused-ring (bicyclic) bond motifs is 1. The first kappa shape index (κ1) is 18.3. The van der Waals surface area contributed by atoms with Gasteiger partial charge in [-0.2, -0.15) is 0 Å². The fraction of sp³-hybridized carbons (Fsp3) is 0.364. The van der Waals surface area contributed by atoms with Crippen molar-refractivity contribution in [2.45, 2.75) is 25.8 Å². The predicted octanol–water partition coefficient (Wildman–Crippen LogP) is 3.01. The van der Waals surface area contributed by atoms with Crippen LogP contribution >= 0.6 is 0 Å². The third-order valence-electron chi connectivity index (χ3n) is 5.15. The highest BCUT2D eigenvalue weighted by atomic mass is 16.5. The van der Waals surface area contributed by atoms with Crippen LogP contribution in [0.5, 0.6) is 11.5 Å². The molecule has 1 fully saturated rings. The molecule has 0 bridgehead atoms. The lowest BCUT2D eigenvalue weighted by molar-refractivity contribution is -0.133. The molecule has 0 saturated heterocycles. The summed E-state index contributed by atoms with van der Waals surface area (Å²) in [7, 11) is 1.58. The van der Waals surface area contributed by atoms with Crippen LogP contribution in [0.2, 0.25) is 0 Å². The van der Waals surface area contributed by atoms with E-state index >= 15 is 0 Å². The Labute approximate surface area is 164 Å². The molecule has 0 atom stereocenters.